The average Bonchev–Trinajstić information content (AvgIpc) is 2.71. The van der Waals surface area contributed by atoms with E-state index in [0.29, 0.717) is 21.3 Å². The van der Waals surface area contributed by atoms with Crippen LogP contribution >= 0.6 is 34.5 Å². The zero-order valence-corrected chi connectivity index (χ0v) is 10.1. The average molecular weight is 274 g/mol. The van der Waals surface area contributed by atoms with Crippen molar-refractivity contribution in [2.24, 2.45) is 0 Å². The van der Waals surface area contributed by atoms with Crippen LogP contribution in [0.25, 0.3) is 11.3 Å². The van der Waals surface area contributed by atoms with Gasteiger partial charge in [0.25, 0.3) is 0 Å². The molecule has 82 valence electrons. The second kappa shape index (κ2) is 4.41. The van der Waals surface area contributed by atoms with Crippen molar-refractivity contribution in [3.63, 3.8) is 0 Å². The van der Waals surface area contributed by atoms with Crippen LogP contribution in [0.2, 0.25) is 10.0 Å². The Hall–Kier alpha value is -1.10. The molecule has 1 aromatic heterocycles. The number of benzene rings is 1. The van der Waals surface area contributed by atoms with Gasteiger partial charge in [0, 0.05) is 5.56 Å². The number of aromatic carboxylic acids is 1. The Bertz CT molecular complexity index is 554. The smallest absolute Gasteiger partial charge is 0.348 e. The number of nitrogens with zero attached hydrogens (tertiary/aromatic N) is 1. The largest absolute Gasteiger partial charge is 0.477 e. The molecule has 0 atom stereocenters. The molecule has 1 N–H and O–H groups in total. The molecule has 0 aliphatic heterocycles. The number of thiazole rings is 1. The number of carboxylic acids is 1. The number of aromatic nitrogens is 1. The third kappa shape index (κ3) is 2.04. The van der Waals surface area contributed by atoms with Crippen molar-refractivity contribution in [2.45, 2.75) is 0 Å². The fraction of sp³-hybridized carbons (Fsp3) is 0. The molecule has 0 saturated carbocycles. The lowest BCUT2D eigenvalue weighted by Crippen LogP contribution is -1.95. The van der Waals surface area contributed by atoms with Crippen LogP contribution in [-0.2, 0) is 0 Å². The summed E-state index contributed by atoms with van der Waals surface area (Å²) in [5, 5.41) is 9.76. The van der Waals surface area contributed by atoms with E-state index in [4.69, 9.17) is 28.3 Å². The minimum absolute atomic E-state index is 0.193. The molecule has 1 heterocycles. The summed E-state index contributed by atoms with van der Waals surface area (Å²) in [7, 11) is 0. The predicted molar refractivity (Wildman–Crippen MR) is 64.5 cm³/mol. The van der Waals surface area contributed by atoms with Crippen molar-refractivity contribution in [3.8, 4) is 11.3 Å². The Labute approximate surface area is 105 Å². The number of rotatable bonds is 2. The highest BCUT2D eigenvalue weighted by Gasteiger charge is 2.15. The minimum atomic E-state index is -0.997. The highest BCUT2D eigenvalue weighted by atomic mass is 35.5. The van der Waals surface area contributed by atoms with Gasteiger partial charge in [-0.3, -0.25) is 0 Å². The van der Waals surface area contributed by atoms with Gasteiger partial charge in [-0.05, 0) is 12.1 Å². The van der Waals surface area contributed by atoms with Gasteiger partial charge >= 0.3 is 5.97 Å². The van der Waals surface area contributed by atoms with E-state index in [1.54, 1.807) is 18.2 Å². The second-order valence-electron chi connectivity index (χ2n) is 2.96. The van der Waals surface area contributed by atoms with E-state index in [-0.39, 0.29) is 4.88 Å². The van der Waals surface area contributed by atoms with E-state index >= 15 is 0 Å². The van der Waals surface area contributed by atoms with Gasteiger partial charge in [-0.1, -0.05) is 29.3 Å². The molecule has 0 unspecified atom stereocenters. The standard InChI is InChI=1S/C10H5Cl2NO2S/c11-6-2-1-5(3-7(6)12)8-9(10(14)15)16-4-13-8/h1-4H,(H,14,15). The lowest BCUT2D eigenvalue weighted by molar-refractivity contribution is 0.0702. The van der Waals surface area contributed by atoms with Gasteiger partial charge in [0.05, 0.1) is 21.2 Å². The normalized spacial score (nSPS) is 10.4. The summed E-state index contributed by atoms with van der Waals surface area (Å²) in [5.41, 5.74) is 2.55. The van der Waals surface area contributed by atoms with Gasteiger partial charge in [0.2, 0.25) is 0 Å². The van der Waals surface area contributed by atoms with Gasteiger partial charge in [0.1, 0.15) is 4.88 Å². The fourth-order valence-corrected chi connectivity index (χ4v) is 2.19. The Kier molecular flexibility index (Phi) is 3.14. The molecular weight excluding hydrogens is 269 g/mol. The molecule has 0 saturated heterocycles. The van der Waals surface area contributed by atoms with Gasteiger partial charge in [-0.15, -0.1) is 11.3 Å². The Morgan fingerprint density at radius 3 is 2.69 bits per heavy atom. The third-order valence-electron chi connectivity index (χ3n) is 1.95. The van der Waals surface area contributed by atoms with Crippen LogP contribution in [0.5, 0.6) is 0 Å². The molecule has 0 bridgehead atoms. The van der Waals surface area contributed by atoms with Crippen LogP contribution in [0.3, 0.4) is 0 Å². The molecule has 0 fully saturated rings. The van der Waals surface area contributed by atoms with Crippen molar-refractivity contribution in [3.05, 3.63) is 38.6 Å². The highest BCUT2D eigenvalue weighted by Crippen LogP contribution is 2.30. The molecule has 0 aliphatic rings. The summed E-state index contributed by atoms with van der Waals surface area (Å²) < 4.78 is 0. The van der Waals surface area contributed by atoms with Crippen molar-refractivity contribution < 1.29 is 9.90 Å². The number of carboxylic acid groups (broad SMARTS) is 1. The maximum atomic E-state index is 10.9. The van der Waals surface area contributed by atoms with E-state index in [1.165, 1.54) is 5.51 Å². The summed E-state index contributed by atoms with van der Waals surface area (Å²) in [6, 6.07) is 4.91. The van der Waals surface area contributed by atoms with Crippen LogP contribution in [0.1, 0.15) is 9.67 Å². The summed E-state index contributed by atoms with van der Waals surface area (Å²) in [6.07, 6.45) is 0. The molecule has 0 spiro atoms. The highest BCUT2D eigenvalue weighted by molar-refractivity contribution is 7.12. The van der Waals surface area contributed by atoms with Crippen LogP contribution < -0.4 is 0 Å². The number of hydrogen-bond acceptors (Lipinski definition) is 3. The first-order valence-corrected chi connectivity index (χ1v) is 5.85. The minimum Gasteiger partial charge on any atom is -0.477 e. The van der Waals surface area contributed by atoms with Gasteiger partial charge in [0.15, 0.2) is 0 Å². The Morgan fingerprint density at radius 2 is 2.06 bits per heavy atom. The summed E-state index contributed by atoms with van der Waals surface area (Å²) >= 11 is 12.7. The Balaban J connectivity index is 2.54. The molecule has 0 aliphatic carbocycles. The quantitative estimate of drug-likeness (QED) is 0.905. The van der Waals surface area contributed by atoms with E-state index in [9.17, 15) is 4.79 Å². The summed E-state index contributed by atoms with van der Waals surface area (Å²) in [6.45, 7) is 0. The first-order valence-electron chi connectivity index (χ1n) is 4.22. The van der Waals surface area contributed by atoms with Gasteiger partial charge < -0.3 is 5.11 Å². The van der Waals surface area contributed by atoms with Gasteiger partial charge in [-0.2, -0.15) is 0 Å². The zero-order valence-electron chi connectivity index (χ0n) is 7.78. The van der Waals surface area contributed by atoms with Crippen LogP contribution in [-0.4, -0.2) is 16.1 Å². The Morgan fingerprint density at radius 1 is 1.31 bits per heavy atom. The molecular formula is C10H5Cl2NO2S. The van der Waals surface area contributed by atoms with Crippen LogP contribution in [0.4, 0.5) is 0 Å². The maximum Gasteiger partial charge on any atom is 0.348 e. The van der Waals surface area contributed by atoms with Crippen molar-refractivity contribution >= 4 is 40.5 Å². The van der Waals surface area contributed by atoms with Crippen molar-refractivity contribution in [1.29, 1.82) is 0 Å². The lowest BCUT2D eigenvalue weighted by Gasteiger charge is -2.01. The number of halogens is 2. The topological polar surface area (TPSA) is 50.2 Å². The molecule has 1 aromatic carbocycles. The van der Waals surface area contributed by atoms with E-state index in [0.717, 1.165) is 11.3 Å². The SMILES string of the molecule is O=C(O)c1scnc1-c1ccc(Cl)c(Cl)c1. The summed E-state index contributed by atoms with van der Waals surface area (Å²) in [5.74, 6) is -0.997. The fourth-order valence-electron chi connectivity index (χ4n) is 1.25. The van der Waals surface area contributed by atoms with E-state index < -0.39 is 5.97 Å². The monoisotopic (exact) mass is 273 g/mol. The zero-order chi connectivity index (χ0) is 11.7. The molecule has 2 rings (SSSR count). The number of hydrogen-bond donors (Lipinski definition) is 1. The van der Waals surface area contributed by atoms with E-state index in [1.807, 2.05) is 0 Å². The molecule has 16 heavy (non-hydrogen) atoms. The maximum absolute atomic E-state index is 10.9. The van der Waals surface area contributed by atoms with Crippen molar-refractivity contribution in [2.75, 3.05) is 0 Å². The molecule has 0 amide bonds. The molecule has 3 nitrogen and oxygen atoms in total. The number of carbonyl (C=O) groups is 1. The van der Waals surface area contributed by atoms with Crippen LogP contribution in [0.15, 0.2) is 23.7 Å². The lowest BCUT2D eigenvalue weighted by atomic mass is 10.1. The van der Waals surface area contributed by atoms with Crippen LogP contribution in [0, 0.1) is 0 Å². The molecule has 0 radical (unpaired) electrons. The summed E-state index contributed by atoms with van der Waals surface area (Å²) in [4.78, 5) is 15.1. The first-order chi connectivity index (χ1) is 7.59. The third-order valence-corrected chi connectivity index (χ3v) is 3.51. The van der Waals surface area contributed by atoms with Gasteiger partial charge in [-0.25, -0.2) is 9.78 Å². The van der Waals surface area contributed by atoms with E-state index in [2.05, 4.69) is 4.98 Å². The molecule has 2 aromatic rings. The molecule has 6 heteroatoms. The predicted octanol–water partition coefficient (Wildman–Crippen LogP) is 3.82. The van der Waals surface area contributed by atoms with Crippen molar-refractivity contribution in [1.82, 2.24) is 4.98 Å². The first kappa shape index (κ1) is 11.4. The second-order valence-corrected chi connectivity index (χ2v) is 4.63.